The van der Waals surface area contributed by atoms with E-state index in [2.05, 4.69) is 49.4 Å². The van der Waals surface area contributed by atoms with Crippen molar-refractivity contribution in [1.29, 1.82) is 5.26 Å². The first-order valence-corrected chi connectivity index (χ1v) is 17.9. The summed E-state index contributed by atoms with van der Waals surface area (Å²) in [6.07, 6.45) is 2.10. The SMILES string of the molecule is Cc1c(-c2ccnn2-c2ccc(C#N)cc2)n(C(=O)CC[C@@H](C)C2CCC(C[NH+](C)Cc3ccccc3)CC2)c(=O)n1-c1cccc(C(F)(F)F)c1. The number of hydrogen-bond donors (Lipinski definition) is 1. The zero-order valence-corrected chi connectivity index (χ0v) is 29.7. The molecule has 0 bridgehead atoms. The van der Waals surface area contributed by atoms with Gasteiger partial charge in [-0.25, -0.2) is 14.0 Å². The lowest BCUT2D eigenvalue weighted by Gasteiger charge is -2.33. The molecule has 0 spiro atoms. The zero-order valence-electron chi connectivity index (χ0n) is 29.7. The summed E-state index contributed by atoms with van der Waals surface area (Å²) in [4.78, 5) is 29.8. The first kappa shape index (κ1) is 36.6. The molecule has 1 aliphatic rings. The highest BCUT2D eigenvalue weighted by molar-refractivity contribution is 5.84. The maximum Gasteiger partial charge on any atom is 0.416 e. The van der Waals surface area contributed by atoms with Crippen molar-refractivity contribution >= 4 is 5.91 Å². The number of halogens is 3. The molecule has 3 aromatic carbocycles. The average molecular weight is 710 g/mol. The van der Waals surface area contributed by atoms with E-state index in [-0.39, 0.29) is 23.7 Å². The van der Waals surface area contributed by atoms with Crippen LogP contribution in [0.4, 0.5) is 13.2 Å². The second kappa shape index (κ2) is 15.6. The fourth-order valence-electron chi connectivity index (χ4n) is 7.80. The molecule has 1 N–H and O–H groups in total. The van der Waals surface area contributed by atoms with Crippen LogP contribution in [0.3, 0.4) is 0 Å². The van der Waals surface area contributed by atoms with E-state index in [1.807, 2.05) is 6.07 Å². The number of hydrogen-bond acceptors (Lipinski definition) is 4. The van der Waals surface area contributed by atoms with E-state index in [1.54, 1.807) is 41.9 Å². The van der Waals surface area contributed by atoms with Crippen LogP contribution in [0.15, 0.2) is 95.9 Å². The van der Waals surface area contributed by atoms with E-state index in [0.717, 1.165) is 55.5 Å². The summed E-state index contributed by atoms with van der Waals surface area (Å²) in [6, 6.07) is 25.5. The van der Waals surface area contributed by atoms with Crippen molar-refractivity contribution < 1.29 is 22.9 Å². The molecule has 270 valence electrons. The number of alkyl halides is 3. The van der Waals surface area contributed by atoms with E-state index in [0.29, 0.717) is 40.9 Å². The fraction of sp³-hybridized carbons (Fsp3) is 0.366. The Kier molecular flexibility index (Phi) is 11.0. The molecule has 2 atom stereocenters. The maximum atomic E-state index is 14.2. The van der Waals surface area contributed by atoms with Crippen LogP contribution in [0.2, 0.25) is 0 Å². The lowest BCUT2D eigenvalue weighted by atomic mass is 9.75. The van der Waals surface area contributed by atoms with Crippen LogP contribution >= 0.6 is 0 Å². The number of quaternary nitrogens is 1. The van der Waals surface area contributed by atoms with Crippen LogP contribution in [0.25, 0.3) is 22.8 Å². The van der Waals surface area contributed by atoms with Gasteiger partial charge in [-0.3, -0.25) is 9.36 Å². The van der Waals surface area contributed by atoms with Gasteiger partial charge in [-0.1, -0.05) is 43.3 Å². The molecule has 0 radical (unpaired) electrons. The molecule has 0 aliphatic heterocycles. The summed E-state index contributed by atoms with van der Waals surface area (Å²) in [6.45, 7) is 5.93. The standard InChI is InChI=1S/C41H43F3N6O2/c1-28(33-17-13-32(14-18-33)27-47(3)26-31-8-5-4-6-9-31)12-21-38(51)49-39(37-22-23-46-50(37)35-19-15-30(25-45)16-20-35)29(2)48(40(49)52)36-11-7-10-34(24-36)41(42,43)44/h4-11,15-16,19-20,22-24,28,32-33H,12-14,17-18,21,26-27H2,1-3H3/p+1/t28-,32?,33?/m1/s1. The van der Waals surface area contributed by atoms with Crippen LogP contribution in [0, 0.1) is 36.0 Å². The Morgan fingerprint density at radius 3 is 2.37 bits per heavy atom. The summed E-state index contributed by atoms with van der Waals surface area (Å²) >= 11 is 0. The molecular formula is C41H44F3N6O2+. The fourth-order valence-corrected chi connectivity index (χ4v) is 7.80. The highest BCUT2D eigenvalue weighted by Gasteiger charge is 2.33. The van der Waals surface area contributed by atoms with Crippen LogP contribution in [-0.4, -0.2) is 38.4 Å². The molecule has 1 saturated carbocycles. The highest BCUT2D eigenvalue weighted by atomic mass is 19.4. The molecule has 5 aromatic rings. The topological polar surface area (TPSA) is 90.1 Å². The third kappa shape index (κ3) is 7.97. The monoisotopic (exact) mass is 709 g/mol. The van der Waals surface area contributed by atoms with E-state index in [1.165, 1.54) is 33.4 Å². The van der Waals surface area contributed by atoms with Gasteiger partial charge in [-0.2, -0.15) is 23.5 Å². The molecule has 1 aliphatic carbocycles. The largest absolute Gasteiger partial charge is 0.416 e. The van der Waals surface area contributed by atoms with Gasteiger partial charge in [0, 0.05) is 17.9 Å². The molecule has 2 aromatic heterocycles. The second-order valence-electron chi connectivity index (χ2n) is 14.2. The van der Waals surface area contributed by atoms with E-state index < -0.39 is 23.3 Å². The van der Waals surface area contributed by atoms with Crippen molar-refractivity contribution in [2.24, 2.45) is 17.8 Å². The molecule has 1 unspecified atom stereocenters. The molecule has 1 fully saturated rings. The van der Waals surface area contributed by atoms with E-state index in [9.17, 15) is 28.0 Å². The van der Waals surface area contributed by atoms with E-state index in [4.69, 9.17) is 0 Å². The quantitative estimate of drug-likeness (QED) is 0.156. The van der Waals surface area contributed by atoms with Gasteiger partial charge in [0.25, 0.3) is 0 Å². The van der Waals surface area contributed by atoms with Crippen molar-refractivity contribution in [3.63, 3.8) is 0 Å². The summed E-state index contributed by atoms with van der Waals surface area (Å²) in [5.41, 5.74) is 1.74. The number of nitrogens with zero attached hydrogens (tertiary/aromatic N) is 5. The molecule has 2 heterocycles. The molecule has 6 rings (SSSR count). The Morgan fingerprint density at radius 1 is 0.981 bits per heavy atom. The van der Waals surface area contributed by atoms with Crippen LogP contribution in [-0.2, 0) is 12.7 Å². The van der Waals surface area contributed by atoms with Gasteiger partial charge in [0.2, 0.25) is 5.91 Å². The lowest BCUT2D eigenvalue weighted by molar-refractivity contribution is -0.897. The van der Waals surface area contributed by atoms with Gasteiger partial charge < -0.3 is 4.90 Å². The molecule has 52 heavy (non-hydrogen) atoms. The van der Waals surface area contributed by atoms with Gasteiger partial charge in [0.1, 0.15) is 6.54 Å². The predicted octanol–water partition coefficient (Wildman–Crippen LogP) is 7.27. The minimum Gasteiger partial charge on any atom is -0.333 e. The van der Waals surface area contributed by atoms with Crippen molar-refractivity contribution in [2.45, 2.75) is 65.1 Å². The Bertz CT molecular complexity index is 2100. The van der Waals surface area contributed by atoms with Crippen LogP contribution in [0.5, 0.6) is 0 Å². The molecule has 8 nitrogen and oxygen atoms in total. The summed E-state index contributed by atoms with van der Waals surface area (Å²) in [5, 5.41) is 13.7. The van der Waals surface area contributed by atoms with Crippen LogP contribution in [0.1, 0.15) is 72.6 Å². The van der Waals surface area contributed by atoms with E-state index >= 15 is 0 Å². The third-order valence-electron chi connectivity index (χ3n) is 10.6. The van der Waals surface area contributed by atoms with Crippen molar-refractivity contribution in [1.82, 2.24) is 18.9 Å². The Hall–Kier alpha value is -5.21. The second-order valence-corrected chi connectivity index (χ2v) is 14.2. The average Bonchev–Trinajstić information content (AvgIpc) is 3.72. The number of rotatable bonds is 11. The number of benzene rings is 3. The molecular weight excluding hydrogens is 665 g/mol. The number of carbonyl (C=O) groups is 1. The van der Waals surface area contributed by atoms with Gasteiger partial charge in [0.05, 0.1) is 65.4 Å². The van der Waals surface area contributed by atoms with Gasteiger partial charge in [-0.05, 0) is 99.4 Å². The van der Waals surface area contributed by atoms with Gasteiger partial charge in [-0.15, -0.1) is 0 Å². The Labute approximate surface area is 301 Å². The van der Waals surface area contributed by atoms with Gasteiger partial charge in [0.15, 0.2) is 0 Å². The number of nitrogens with one attached hydrogen (secondary N) is 1. The van der Waals surface area contributed by atoms with Crippen molar-refractivity contribution in [3.05, 3.63) is 124 Å². The predicted molar refractivity (Wildman–Crippen MR) is 193 cm³/mol. The minimum atomic E-state index is -4.61. The Balaban J connectivity index is 1.23. The van der Waals surface area contributed by atoms with Crippen molar-refractivity contribution in [3.8, 4) is 28.8 Å². The highest BCUT2D eigenvalue weighted by Crippen LogP contribution is 2.36. The smallest absolute Gasteiger partial charge is 0.333 e. The summed E-state index contributed by atoms with van der Waals surface area (Å²) in [5.74, 6) is 0.973. The number of carbonyl (C=O) groups excluding carboxylic acids is 1. The third-order valence-corrected chi connectivity index (χ3v) is 10.6. The molecule has 0 amide bonds. The number of aromatic nitrogens is 4. The minimum absolute atomic E-state index is 0.0101. The molecule has 11 heteroatoms. The summed E-state index contributed by atoms with van der Waals surface area (Å²) in [7, 11) is 2.25. The van der Waals surface area contributed by atoms with Gasteiger partial charge >= 0.3 is 11.9 Å². The lowest BCUT2D eigenvalue weighted by Crippen LogP contribution is -3.08. The first-order chi connectivity index (χ1) is 24.9. The first-order valence-electron chi connectivity index (χ1n) is 17.9. The number of nitriles is 1. The summed E-state index contributed by atoms with van der Waals surface area (Å²) < 4.78 is 45.0. The van der Waals surface area contributed by atoms with Crippen LogP contribution < -0.4 is 10.6 Å². The normalized spacial score (nSPS) is 17.4. The zero-order chi connectivity index (χ0) is 37.0. The maximum absolute atomic E-state index is 14.2. The van der Waals surface area contributed by atoms with Crippen molar-refractivity contribution in [2.75, 3.05) is 13.6 Å². The number of imidazole rings is 1. The molecule has 0 saturated heterocycles. The Morgan fingerprint density at radius 2 is 1.69 bits per heavy atom.